The van der Waals surface area contributed by atoms with Crippen molar-refractivity contribution in [3.05, 3.63) is 25.9 Å². The third kappa shape index (κ3) is 2.85. The molecule has 1 fully saturated rings. The van der Waals surface area contributed by atoms with E-state index in [2.05, 4.69) is 41.8 Å². The fourth-order valence-electron chi connectivity index (χ4n) is 3.21. The molecule has 124 valence electrons. The van der Waals surface area contributed by atoms with Crippen LogP contribution in [0.3, 0.4) is 0 Å². The summed E-state index contributed by atoms with van der Waals surface area (Å²) in [5, 5.41) is 0.0146. The maximum Gasteiger partial charge on any atom is 0.220 e. The van der Waals surface area contributed by atoms with Crippen LogP contribution in [0.15, 0.2) is 25.0 Å². The van der Waals surface area contributed by atoms with Gasteiger partial charge in [-0.25, -0.2) is 9.38 Å². The van der Waals surface area contributed by atoms with Gasteiger partial charge in [-0.2, -0.15) is 4.99 Å². The van der Waals surface area contributed by atoms with Gasteiger partial charge < -0.3 is 11.5 Å². The van der Waals surface area contributed by atoms with Crippen LogP contribution in [0.4, 0.5) is 10.1 Å². The minimum atomic E-state index is -0.639. The molecule has 9 heteroatoms. The molecule has 3 rings (SSSR count). The van der Waals surface area contributed by atoms with Gasteiger partial charge in [-0.15, -0.1) is 0 Å². The Balaban J connectivity index is 2.21. The number of anilines is 1. The number of hydrogen-bond donors (Lipinski definition) is 2. The number of hydrogen-bond acceptors (Lipinski definition) is 5. The standard InChI is InChI=1S/C14H15Br2ClFN5/c15-7-6-8(17)10(18)9(16)11(7)23-13(20)21-12(19)22-14(23)4-2-1-3-5-14/h6H,1-5H2,(H4,19,20,21,22). The molecule has 1 aliphatic carbocycles. The molecule has 1 heterocycles. The molecule has 0 atom stereocenters. The monoisotopic (exact) mass is 465 g/mol. The van der Waals surface area contributed by atoms with E-state index in [1.165, 1.54) is 6.07 Å². The molecule has 2 aliphatic rings. The highest BCUT2D eigenvalue weighted by atomic mass is 79.9. The van der Waals surface area contributed by atoms with Crippen molar-refractivity contribution in [3.63, 3.8) is 0 Å². The Bertz CT molecular complexity index is 716. The highest BCUT2D eigenvalue weighted by molar-refractivity contribution is 9.11. The van der Waals surface area contributed by atoms with Crippen LogP contribution in [0.1, 0.15) is 32.1 Å². The molecule has 0 aromatic heterocycles. The van der Waals surface area contributed by atoms with Crippen molar-refractivity contribution >= 4 is 61.1 Å². The van der Waals surface area contributed by atoms with Gasteiger partial charge in [0.1, 0.15) is 5.66 Å². The molecule has 4 N–H and O–H groups in total. The van der Waals surface area contributed by atoms with Crippen LogP contribution in [0.5, 0.6) is 0 Å². The number of rotatable bonds is 1. The molecule has 5 nitrogen and oxygen atoms in total. The van der Waals surface area contributed by atoms with Gasteiger partial charge in [0.05, 0.1) is 15.2 Å². The predicted molar refractivity (Wildman–Crippen MR) is 98.3 cm³/mol. The molecule has 0 bridgehead atoms. The average Bonchev–Trinajstić information content (AvgIpc) is 2.48. The average molecular weight is 468 g/mol. The molecular formula is C14H15Br2ClFN5. The van der Waals surface area contributed by atoms with Crippen LogP contribution in [0, 0.1) is 5.82 Å². The van der Waals surface area contributed by atoms with Crippen molar-refractivity contribution in [2.75, 3.05) is 4.90 Å². The van der Waals surface area contributed by atoms with Gasteiger partial charge in [0.15, 0.2) is 5.82 Å². The Morgan fingerprint density at radius 2 is 1.87 bits per heavy atom. The van der Waals surface area contributed by atoms with Gasteiger partial charge in [-0.3, -0.25) is 4.90 Å². The fourth-order valence-corrected chi connectivity index (χ4v) is 5.13. The third-order valence-corrected chi connectivity index (χ3v) is 5.77. The van der Waals surface area contributed by atoms with E-state index in [1.807, 2.05) is 0 Å². The van der Waals surface area contributed by atoms with E-state index in [4.69, 9.17) is 23.1 Å². The van der Waals surface area contributed by atoms with Gasteiger partial charge in [-0.1, -0.05) is 18.0 Å². The molecule has 0 radical (unpaired) electrons. The zero-order valence-electron chi connectivity index (χ0n) is 12.1. The first-order chi connectivity index (χ1) is 10.9. The third-order valence-electron chi connectivity index (χ3n) is 4.16. The minimum Gasteiger partial charge on any atom is -0.369 e. The molecule has 0 amide bonds. The highest BCUT2D eigenvalue weighted by Crippen LogP contribution is 2.46. The second-order valence-corrected chi connectivity index (χ2v) is 7.69. The number of nitrogens with two attached hydrogens (primary N) is 2. The van der Waals surface area contributed by atoms with Crippen molar-refractivity contribution in [2.24, 2.45) is 21.5 Å². The minimum absolute atomic E-state index is 0.0146. The lowest BCUT2D eigenvalue weighted by molar-refractivity contribution is 0.305. The van der Waals surface area contributed by atoms with Crippen LogP contribution in [0.25, 0.3) is 0 Å². The van der Waals surface area contributed by atoms with Gasteiger partial charge in [0, 0.05) is 4.47 Å². The molecule has 1 aromatic rings. The molecule has 0 unspecified atom stereocenters. The quantitative estimate of drug-likeness (QED) is 0.482. The Kier molecular flexibility index (Phi) is 4.59. The molecule has 1 aliphatic heterocycles. The Morgan fingerprint density at radius 3 is 2.52 bits per heavy atom. The second kappa shape index (κ2) is 6.22. The fraction of sp³-hybridized carbons (Fsp3) is 0.429. The summed E-state index contributed by atoms with van der Waals surface area (Å²) < 4.78 is 15.1. The summed E-state index contributed by atoms with van der Waals surface area (Å²) in [6.45, 7) is 0. The lowest BCUT2D eigenvalue weighted by atomic mass is 9.87. The number of aliphatic imine (C=N–C) groups is 2. The van der Waals surface area contributed by atoms with Crippen LogP contribution >= 0.6 is 43.5 Å². The molecule has 0 saturated heterocycles. The number of halogens is 4. The molecule has 1 aromatic carbocycles. The first-order valence-corrected chi connectivity index (χ1v) is 9.15. The van der Waals surface area contributed by atoms with Gasteiger partial charge >= 0.3 is 0 Å². The summed E-state index contributed by atoms with van der Waals surface area (Å²) in [5.74, 6) is -0.198. The lowest BCUT2D eigenvalue weighted by Crippen LogP contribution is -2.58. The topological polar surface area (TPSA) is 80.0 Å². The smallest absolute Gasteiger partial charge is 0.220 e. The lowest BCUT2D eigenvalue weighted by Gasteiger charge is -2.46. The Hall–Kier alpha value is -0.860. The predicted octanol–water partition coefficient (Wildman–Crippen LogP) is 4.11. The maximum atomic E-state index is 14.3. The van der Waals surface area contributed by atoms with E-state index in [-0.39, 0.29) is 21.4 Å². The number of benzene rings is 1. The van der Waals surface area contributed by atoms with E-state index >= 15 is 0 Å². The van der Waals surface area contributed by atoms with E-state index < -0.39 is 11.5 Å². The number of guanidine groups is 2. The largest absolute Gasteiger partial charge is 0.369 e. The normalized spacial score (nSPS) is 20.4. The van der Waals surface area contributed by atoms with Gasteiger partial charge in [-0.05, 0) is 63.6 Å². The Morgan fingerprint density at radius 1 is 1.22 bits per heavy atom. The first kappa shape index (κ1) is 17.0. The highest BCUT2D eigenvalue weighted by Gasteiger charge is 2.44. The summed E-state index contributed by atoms with van der Waals surface area (Å²) in [5.41, 5.74) is 11.9. The van der Waals surface area contributed by atoms with E-state index in [0.717, 1.165) is 32.1 Å². The summed E-state index contributed by atoms with van der Waals surface area (Å²) in [6, 6.07) is 1.50. The summed E-state index contributed by atoms with van der Waals surface area (Å²) in [4.78, 5) is 10.4. The Labute approximate surface area is 155 Å². The van der Waals surface area contributed by atoms with E-state index in [0.29, 0.717) is 10.2 Å². The maximum absolute atomic E-state index is 14.3. The van der Waals surface area contributed by atoms with Crippen molar-refractivity contribution in [3.8, 4) is 0 Å². The zero-order chi connectivity index (χ0) is 16.8. The van der Waals surface area contributed by atoms with Crippen LogP contribution < -0.4 is 16.4 Å². The molecule has 1 spiro atoms. The van der Waals surface area contributed by atoms with E-state index in [9.17, 15) is 4.39 Å². The van der Waals surface area contributed by atoms with Crippen molar-refractivity contribution in [2.45, 2.75) is 37.8 Å². The zero-order valence-corrected chi connectivity index (χ0v) is 16.0. The molecule has 1 saturated carbocycles. The summed E-state index contributed by atoms with van der Waals surface area (Å²) in [6.07, 6.45) is 4.65. The summed E-state index contributed by atoms with van der Waals surface area (Å²) in [7, 11) is 0. The SMILES string of the molecule is NC1=NC2(CCCCC2)N(c2c(Br)cc(Cl)c(F)c2Br)C(N)=N1. The summed E-state index contributed by atoms with van der Waals surface area (Å²) >= 11 is 12.6. The molecular weight excluding hydrogens is 452 g/mol. The van der Waals surface area contributed by atoms with E-state index in [1.54, 1.807) is 4.90 Å². The van der Waals surface area contributed by atoms with Crippen LogP contribution in [0.2, 0.25) is 5.02 Å². The van der Waals surface area contributed by atoms with Crippen molar-refractivity contribution in [1.29, 1.82) is 0 Å². The van der Waals surface area contributed by atoms with Gasteiger partial charge in [0.25, 0.3) is 0 Å². The van der Waals surface area contributed by atoms with Crippen LogP contribution in [-0.4, -0.2) is 17.6 Å². The van der Waals surface area contributed by atoms with Crippen molar-refractivity contribution in [1.82, 2.24) is 0 Å². The number of nitrogens with zero attached hydrogens (tertiary/aromatic N) is 3. The van der Waals surface area contributed by atoms with Crippen molar-refractivity contribution < 1.29 is 4.39 Å². The van der Waals surface area contributed by atoms with Gasteiger partial charge in [0.2, 0.25) is 11.9 Å². The first-order valence-electron chi connectivity index (χ1n) is 7.18. The van der Waals surface area contributed by atoms with Crippen LogP contribution in [-0.2, 0) is 0 Å². The molecule has 23 heavy (non-hydrogen) atoms. The second-order valence-electron chi connectivity index (χ2n) is 5.64.